The number of aryl methyl sites for hydroxylation is 1. The zero-order valence-corrected chi connectivity index (χ0v) is 12.2. The molecule has 0 amide bonds. The first-order valence-electron chi connectivity index (χ1n) is 7.18. The van der Waals surface area contributed by atoms with Crippen LogP contribution < -0.4 is 11.3 Å². The van der Waals surface area contributed by atoms with Gasteiger partial charge in [0.15, 0.2) is 0 Å². The first-order valence-corrected chi connectivity index (χ1v) is 7.18. The van der Waals surface area contributed by atoms with Crippen LogP contribution in [0, 0.1) is 6.92 Å². The number of hydrogen-bond donors (Lipinski definition) is 1. The van der Waals surface area contributed by atoms with E-state index in [-0.39, 0.29) is 11.7 Å². The Bertz CT molecular complexity index is 698. The third-order valence-corrected chi connectivity index (χ3v) is 3.75. The van der Waals surface area contributed by atoms with Crippen LogP contribution in [0.4, 0.5) is 0 Å². The lowest BCUT2D eigenvalue weighted by Gasteiger charge is -2.31. The molecule has 1 fully saturated rings. The van der Waals surface area contributed by atoms with Crippen molar-refractivity contribution in [2.75, 3.05) is 26.2 Å². The largest absolute Gasteiger partial charge is 0.374 e. The van der Waals surface area contributed by atoms with Gasteiger partial charge in [-0.3, -0.25) is 14.1 Å². The number of rotatable bonds is 3. The van der Waals surface area contributed by atoms with E-state index in [2.05, 4.69) is 9.88 Å². The summed E-state index contributed by atoms with van der Waals surface area (Å²) in [5, 5.41) is 0. The Morgan fingerprint density at radius 1 is 1.48 bits per heavy atom. The monoisotopic (exact) mass is 288 g/mol. The van der Waals surface area contributed by atoms with Gasteiger partial charge in [-0.15, -0.1) is 0 Å². The van der Waals surface area contributed by atoms with E-state index in [4.69, 9.17) is 10.5 Å². The topological polar surface area (TPSA) is 72.9 Å². The second-order valence-corrected chi connectivity index (χ2v) is 5.48. The number of fused-ring (bicyclic) bond motifs is 1. The first-order chi connectivity index (χ1) is 10.2. The summed E-state index contributed by atoms with van der Waals surface area (Å²) in [7, 11) is 0. The van der Waals surface area contributed by atoms with Gasteiger partial charge < -0.3 is 10.5 Å². The minimum absolute atomic E-state index is 0.0429. The zero-order chi connectivity index (χ0) is 14.8. The number of nitrogens with zero attached hydrogens (tertiary/aromatic N) is 3. The number of nitrogens with two attached hydrogens (primary N) is 1. The van der Waals surface area contributed by atoms with Crippen molar-refractivity contribution in [2.24, 2.45) is 5.73 Å². The molecular formula is C15H20N4O2. The van der Waals surface area contributed by atoms with Crippen LogP contribution in [0.1, 0.15) is 11.3 Å². The van der Waals surface area contributed by atoms with Crippen molar-refractivity contribution in [1.29, 1.82) is 0 Å². The highest BCUT2D eigenvalue weighted by atomic mass is 16.5. The number of aromatic nitrogens is 2. The van der Waals surface area contributed by atoms with E-state index in [0.29, 0.717) is 25.3 Å². The summed E-state index contributed by atoms with van der Waals surface area (Å²) in [5.74, 6) is 0. The normalized spacial score (nSPS) is 20.0. The van der Waals surface area contributed by atoms with Crippen molar-refractivity contribution >= 4 is 5.65 Å². The minimum Gasteiger partial charge on any atom is -0.374 e. The summed E-state index contributed by atoms with van der Waals surface area (Å²) in [5.41, 5.74) is 8.19. The van der Waals surface area contributed by atoms with Gasteiger partial charge >= 0.3 is 0 Å². The molecule has 3 heterocycles. The van der Waals surface area contributed by atoms with Crippen LogP contribution in [-0.2, 0) is 11.3 Å². The van der Waals surface area contributed by atoms with E-state index in [1.807, 2.05) is 19.1 Å². The molecule has 6 nitrogen and oxygen atoms in total. The SMILES string of the molecule is Cc1ccn2c(=O)cc(CN3CCOC(CN)C3)nc2c1. The molecule has 2 aromatic heterocycles. The van der Waals surface area contributed by atoms with E-state index in [0.717, 1.165) is 24.3 Å². The lowest BCUT2D eigenvalue weighted by atomic mass is 10.2. The van der Waals surface area contributed by atoms with E-state index < -0.39 is 0 Å². The van der Waals surface area contributed by atoms with Crippen molar-refractivity contribution in [3.8, 4) is 0 Å². The van der Waals surface area contributed by atoms with Crippen LogP contribution >= 0.6 is 0 Å². The fourth-order valence-electron chi connectivity index (χ4n) is 2.63. The molecule has 1 atom stereocenters. The van der Waals surface area contributed by atoms with Crippen LogP contribution in [0.15, 0.2) is 29.2 Å². The van der Waals surface area contributed by atoms with Gasteiger partial charge in [0, 0.05) is 38.4 Å². The van der Waals surface area contributed by atoms with Crippen molar-refractivity contribution in [2.45, 2.75) is 19.6 Å². The quantitative estimate of drug-likeness (QED) is 0.871. The molecule has 112 valence electrons. The Hall–Kier alpha value is -1.76. The predicted molar refractivity (Wildman–Crippen MR) is 80.3 cm³/mol. The van der Waals surface area contributed by atoms with Crippen molar-refractivity contribution in [3.63, 3.8) is 0 Å². The molecule has 21 heavy (non-hydrogen) atoms. The smallest absolute Gasteiger partial charge is 0.258 e. The Kier molecular flexibility index (Phi) is 4.01. The fourth-order valence-corrected chi connectivity index (χ4v) is 2.63. The first kappa shape index (κ1) is 14.2. The molecule has 0 radical (unpaired) electrons. The maximum Gasteiger partial charge on any atom is 0.258 e. The van der Waals surface area contributed by atoms with Crippen molar-refractivity contribution < 1.29 is 4.74 Å². The Labute approximate surface area is 123 Å². The van der Waals surface area contributed by atoms with Gasteiger partial charge in [-0.05, 0) is 24.6 Å². The minimum atomic E-state index is -0.0429. The summed E-state index contributed by atoms with van der Waals surface area (Å²) < 4.78 is 7.12. The molecule has 0 saturated carbocycles. The summed E-state index contributed by atoms with van der Waals surface area (Å²) in [6, 6.07) is 5.44. The van der Waals surface area contributed by atoms with Crippen LogP contribution in [-0.4, -0.2) is 46.6 Å². The molecule has 2 aromatic rings. The standard InChI is InChI=1S/C15H20N4O2/c1-11-2-3-19-14(6-11)17-12(7-15(19)20)9-18-4-5-21-13(8-16)10-18/h2-3,6-7,13H,4-5,8-10,16H2,1H3. The number of pyridine rings is 1. The maximum atomic E-state index is 12.1. The second kappa shape index (κ2) is 5.93. The van der Waals surface area contributed by atoms with Gasteiger partial charge in [0.25, 0.3) is 5.56 Å². The van der Waals surface area contributed by atoms with E-state index in [9.17, 15) is 4.79 Å². The lowest BCUT2D eigenvalue weighted by Crippen LogP contribution is -2.45. The summed E-state index contributed by atoms with van der Waals surface area (Å²) in [6.07, 6.45) is 1.84. The van der Waals surface area contributed by atoms with Gasteiger partial charge in [-0.25, -0.2) is 4.98 Å². The second-order valence-electron chi connectivity index (χ2n) is 5.48. The molecule has 0 spiro atoms. The predicted octanol–water partition coefficient (Wildman–Crippen LogP) is 0.162. The van der Waals surface area contributed by atoms with Crippen molar-refractivity contribution in [1.82, 2.24) is 14.3 Å². The summed E-state index contributed by atoms with van der Waals surface area (Å²) >= 11 is 0. The van der Waals surface area contributed by atoms with Crippen molar-refractivity contribution in [3.05, 3.63) is 46.0 Å². The molecule has 1 aliphatic rings. The third kappa shape index (κ3) is 3.12. The Balaban J connectivity index is 1.85. The van der Waals surface area contributed by atoms with Crippen LogP contribution in [0.25, 0.3) is 5.65 Å². The van der Waals surface area contributed by atoms with Crippen LogP contribution in [0.3, 0.4) is 0 Å². The molecule has 1 aliphatic heterocycles. The third-order valence-electron chi connectivity index (χ3n) is 3.75. The van der Waals surface area contributed by atoms with E-state index in [1.54, 1.807) is 16.7 Å². The summed E-state index contributed by atoms with van der Waals surface area (Å²) in [4.78, 5) is 19.0. The average Bonchev–Trinajstić information content (AvgIpc) is 2.47. The molecule has 0 bridgehead atoms. The molecule has 0 aromatic carbocycles. The highest BCUT2D eigenvalue weighted by Gasteiger charge is 2.19. The number of morpholine rings is 1. The van der Waals surface area contributed by atoms with E-state index >= 15 is 0 Å². The highest BCUT2D eigenvalue weighted by Crippen LogP contribution is 2.09. The molecule has 1 unspecified atom stereocenters. The van der Waals surface area contributed by atoms with Crippen LogP contribution in [0.5, 0.6) is 0 Å². The fraction of sp³-hybridized carbons (Fsp3) is 0.467. The molecule has 1 saturated heterocycles. The number of hydrogen-bond acceptors (Lipinski definition) is 5. The van der Waals surface area contributed by atoms with Gasteiger partial charge in [0.1, 0.15) is 5.65 Å². The lowest BCUT2D eigenvalue weighted by molar-refractivity contribution is -0.0264. The highest BCUT2D eigenvalue weighted by molar-refractivity contribution is 5.41. The van der Waals surface area contributed by atoms with Gasteiger partial charge in [-0.2, -0.15) is 0 Å². The van der Waals surface area contributed by atoms with Crippen LogP contribution in [0.2, 0.25) is 0 Å². The molecule has 6 heteroatoms. The molecule has 0 aliphatic carbocycles. The summed E-state index contributed by atoms with van der Waals surface area (Å²) in [6.45, 7) is 5.46. The average molecular weight is 288 g/mol. The Morgan fingerprint density at radius 3 is 3.14 bits per heavy atom. The number of ether oxygens (including phenoxy) is 1. The van der Waals surface area contributed by atoms with Gasteiger partial charge in [-0.1, -0.05) is 0 Å². The molecule has 2 N–H and O–H groups in total. The Morgan fingerprint density at radius 2 is 2.33 bits per heavy atom. The maximum absolute atomic E-state index is 12.1. The van der Waals surface area contributed by atoms with Gasteiger partial charge in [0.2, 0.25) is 0 Å². The van der Waals surface area contributed by atoms with E-state index in [1.165, 1.54) is 0 Å². The molecule has 3 rings (SSSR count). The molecular weight excluding hydrogens is 268 g/mol. The van der Waals surface area contributed by atoms with Gasteiger partial charge in [0.05, 0.1) is 18.4 Å². The zero-order valence-electron chi connectivity index (χ0n) is 12.2.